The van der Waals surface area contributed by atoms with E-state index in [-0.39, 0.29) is 35.0 Å². The maximum atomic E-state index is 13.0. The molecule has 0 aliphatic rings. The number of aromatic hydroxyl groups is 3. The molecule has 0 heterocycles. The summed E-state index contributed by atoms with van der Waals surface area (Å²) in [7, 11) is -3.23. The van der Waals surface area contributed by atoms with Crippen molar-refractivity contribution in [2.75, 3.05) is 0 Å². The van der Waals surface area contributed by atoms with Gasteiger partial charge in [0.15, 0.2) is 0 Å². The molecule has 0 spiro atoms. The SMILES string of the molecule is Cc1cc(O)c(C(C)C)cc1[P+](O)(c1cc(C(C)C)c(O)cc1C)c1cc(C(C)C)c(O)cc1C. The minimum Gasteiger partial charge on any atom is -0.508 e. The van der Waals surface area contributed by atoms with Crippen LogP contribution in [0.3, 0.4) is 0 Å². The van der Waals surface area contributed by atoms with Gasteiger partial charge in [0.25, 0.3) is 0 Å². The first kappa shape index (κ1) is 27.0. The van der Waals surface area contributed by atoms with E-state index in [4.69, 9.17) is 0 Å². The molecule has 0 saturated heterocycles. The van der Waals surface area contributed by atoms with Gasteiger partial charge >= 0.3 is 0 Å². The minimum atomic E-state index is -3.23. The maximum Gasteiger partial charge on any atom is 0.239 e. The van der Waals surface area contributed by atoms with E-state index in [2.05, 4.69) is 0 Å². The van der Waals surface area contributed by atoms with Crippen molar-refractivity contribution < 1.29 is 20.2 Å². The summed E-state index contributed by atoms with van der Waals surface area (Å²) in [5.41, 5.74) is 4.76. The molecule has 4 N–H and O–H groups in total. The van der Waals surface area contributed by atoms with Crippen LogP contribution in [0.2, 0.25) is 0 Å². The highest BCUT2D eigenvalue weighted by molar-refractivity contribution is 7.91. The number of phenols is 3. The van der Waals surface area contributed by atoms with Crippen molar-refractivity contribution in [1.82, 2.24) is 0 Å². The summed E-state index contributed by atoms with van der Waals surface area (Å²) in [6.07, 6.45) is 0. The van der Waals surface area contributed by atoms with Gasteiger partial charge in [0.1, 0.15) is 33.2 Å². The molecule has 0 aliphatic carbocycles. The normalized spacial score (nSPS) is 12.3. The molecule has 0 atom stereocenters. The molecule has 0 saturated carbocycles. The van der Waals surface area contributed by atoms with Crippen LogP contribution in [-0.4, -0.2) is 20.2 Å². The van der Waals surface area contributed by atoms with E-state index < -0.39 is 7.49 Å². The van der Waals surface area contributed by atoms with Crippen LogP contribution < -0.4 is 15.9 Å². The molecule has 0 amide bonds. The van der Waals surface area contributed by atoms with Crippen LogP contribution in [-0.2, 0) is 0 Å². The van der Waals surface area contributed by atoms with Crippen molar-refractivity contribution in [2.45, 2.75) is 80.1 Å². The van der Waals surface area contributed by atoms with E-state index >= 15 is 0 Å². The van der Waals surface area contributed by atoms with Gasteiger partial charge in [-0.2, -0.15) is 0 Å². The zero-order chi connectivity index (χ0) is 26.4. The lowest BCUT2D eigenvalue weighted by Gasteiger charge is -2.27. The summed E-state index contributed by atoms with van der Waals surface area (Å²) in [6.45, 7) is 17.9. The van der Waals surface area contributed by atoms with Gasteiger partial charge in [-0.3, -0.25) is 0 Å². The number of benzene rings is 3. The van der Waals surface area contributed by atoms with E-state index in [9.17, 15) is 20.2 Å². The maximum absolute atomic E-state index is 13.0. The van der Waals surface area contributed by atoms with Gasteiger partial charge in [-0.05, 0) is 91.6 Å². The first-order valence-electron chi connectivity index (χ1n) is 12.3. The van der Waals surface area contributed by atoms with E-state index in [0.29, 0.717) is 0 Å². The quantitative estimate of drug-likeness (QED) is 0.303. The summed E-state index contributed by atoms with van der Waals surface area (Å²) in [5, 5.41) is 34.4. The Hall–Kier alpha value is -2.55. The average molecular weight is 496 g/mol. The number of phenolic OH excluding ortho intramolecular Hbond substituents is 3. The molecule has 0 unspecified atom stereocenters. The van der Waals surface area contributed by atoms with Crippen LogP contribution in [0.25, 0.3) is 0 Å². The van der Waals surface area contributed by atoms with Crippen LogP contribution in [0, 0.1) is 20.8 Å². The molecule has 4 nitrogen and oxygen atoms in total. The second kappa shape index (κ2) is 9.84. The lowest BCUT2D eigenvalue weighted by Crippen LogP contribution is -2.35. The predicted octanol–water partition coefficient (Wildman–Crippen LogP) is 6.30. The number of rotatable bonds is 6. The van der Waals surface area contributed by atoms with Gasteiger partial charge in [-0.15, -0.1) is 0 Å². The van der Waals surface area contributed by atoms with Crippen LogP contribution >= 0.6 is 7.49 Å². The molecule has 0 bridgehead atoms. The number of aryl methyl sites for hydroxylation is 3. The molecule has 5 heteroatoms. The molecule has 0 aliphatic heterocycles. The monoisotopic (exact) mass is 495 g/mol. The molecular formula is C30H40O4P+. The molecule has 3 rings (SSSR count). The van der Waals surface area contributed by atoms with E-state index in [1.807, 2.05) is 80.5 Å². The fraction of sp³-hybridized carbons (Fsp3) is 0.400. The topological polar surface area (TPSA) is 80.9 Å². The van der Waals surface area contributed by atoms with Gasteiger partial charge in [0.05, 0.1) is 0 Å². The average Bonchev–Trinajstić information content (AvgIpc) is 2.72. The number of hydrogen-bond donors (Lipinski definition) is 4. The minimum absolute atomic E-state index is 0.0714. The molecule has 188 valence electrons. The predicted molar refractivity (Wildman–Crippen MR) is 149 cm³/mol. The van der Waals surface area contributed by atoms with E-state index in [1.54, 1.807) is 18.2 Å². The second-order valence-corrected chi connectivity index (χ2v) is 13.4. The fourth-order valence-corrected chi connectivity index (χ4v) is 8.40. The molecule has 0 fully saturated rings. The highest BCUT2D eigenvalue weighted by Crippen LogP contribution is 2.55. The molecule has 35 heavy (non-hydrogen) atoms. The second-order valence-electron chi connectivity index (χ2n) is 10.7. The van der Waals surface area contributed by atoms with Crippen molar-refractivity contribution in [2.24, 2.45) is 0 Å². The van der Waals surface area contributed by atoms with Crippen LogP contribution in [0.1, 0.15) is 92.7 Å². The van der Waals surface area contributed by atoms with Crippen molar-refractivity contribution in [1.29, 1.82) is 0 Å². The first-order valence-corrected chi connectivity index (χ1v) is 14.1. The Morgan fingerprint density at radius 1 is 0.486 bits per heavy atom. The third kappa shape index (κ3) is 4.79. The van der Waals surface area contributed by atoms with Crippen molar-refractivity contribution in [3.8, 4) is 17.2 Å². The summed E-state index contributed by atoms with van der Waals surface area (Å²) in [4.78, 5) is 13.0. The van der Waals surface area contributed by atoms with Crippen molar-refractivity contribution in [3.05, 3.63) is 69.8 Å². The van der Waals surface area contributed by atoms with Crippen LogP contribution in [0.15, 0.2) is 36.4 Å². The van der Waals surface area contributed by atoms with Gasteiger partial charge in [0.2, 0.25) is 7.49 Å². The summed E-state index contributed by atoms with van der Waals surface area (Å²) >= 11 is 0. The Bertz CT molecular complexity index is 1100. The van der Waals surface area contributed by atoms with Gasteiger partial charge in [-0.25, -0.2) is 4.89 Å². The molecule has 0 aromatic heterocycles. The summed E-state index contributed by atoms with van der Waals surface area (Å²) in [5.74, 6) is 0.890. The molecule has 3 aromatic rings. The largest absolute Gasteiger partial charge is 0.508 e. The Morgan fingerprint density at radius 3 is 0.914 bits per heavy atom. The highest BCUT2D eigenvalue weighted by atomic mass is 31.2. The third-order valence-corrected chi connectivity index (χ3v) is 10.5. The molecular weight excluding hydrogens is 455 g/mol. The van der Waals surface area contributed by atoms with Crippen molar-refractivity contribution >= 4 is 23.4 Å². The zero-order valence-electron chi connectivity index (χ0n) is 22.4. The fourth-order valence-electron chi connectivity index (χ4n) is 4.91. The highest BCUT2D eigenvalue weighted by Gasteiger charge is 2.49. The summed E-state index contributed by atoms with van der Waals surface area (Å²) in [6, 6.07) is 11.1. The number of hydrogen-bond acceptors (Lipinski definition) is 4. The smallest absolute Gasteiger partial charge is 0.239 e. The standard InChI is InChI=1S/C30H39O4P/c1-16(2)22-13-28(19(7)10-25(22)31)35(34,29-14-23(17(3)4)26(32)11-20(29)8)30-15-24(18(5)6)27(33)12-21(30)9/h10-18,34H,1-9H3,(H2-,31,32,33)/p+1. The Balaban J connectivity index is 2.54. The lowest BCUT2D eigenvalue weighted by molar-refractivity contribution is 0.464. The third-order valence-electron chi connectivity index (χ3n) is 6.95. The van der Waals surface area contributed by atoms with Gasteiger partial charge < -0.3 is 15.3 Å². The summed E-state index contributed by atoms with van der Waals surface area (Å²) < 4.78 is 0. The van der Waals surface area contributed by atoms with Gasteiger partial charge in [0, 0.05) is 16.7 Å². The Kier molecular flexibility index (Phi) is 7.60. The van der Waals surface area contributed by atoms with E-state index in [0.717, 1.165) is 49.3 Å². The zero-order valence-corrected chi connectivity index (χ0v) is 23.3. The van der Waals surface area contributed by atoms with Crippen LogP contribution in [0.4, 0.5) is 0 Å². The van der Waals surface area contributed by atoms with Crippen LogP contribution in [0.5, 0.6) is 17.2 Å². The van der Waals surface area contributed by atoms with Gasteiger partial charge in [-0.1, -0.05) is 41.5 Å². The molecule has 0 radical (unpaired) electrons. The van der Waals surface area contributed by atoms with Crippen molar-refractivity contribution in [3.63, 3.8) is 0 Å². The molecule has 3 aromatic carbocycles. The first-order chi connectivity index (χ1) is 16.2. The lowest BCUT2D eigenvalue weighted by atomic mass is 10.0. The Morgan fingerprint density at radius 2 is 0.714 bits per heavy atom. The Labute approximate surface area is 210 Å². The van der Waals surface area contributed by atoms with E-state index in [1.165, 1.54) is 0 Å².